The molecule has 0 unspecified atom stereocenters. The molecule has 0 aliphatic heterocycles. The molecule has 0 bridgehead atoms. The number of rotatable bonds is 3. The van der Waals surface area contributed by atoms with E-state index < -0.39 is 0 Å². The lowest BCUT2D eigenvalue weighted by Gasteiger charge is -2.14. The van der Waals surface area contributed by atoms with Gasteiger partial charge in [-0.1, -0.05) is 0 Å². The molecule has 2 aromatic heterocycles. The molecular weight excluding hydrogens is 224 g/mol. The fourth-order valence-corrected chi connectivity index (χ4v) is 1.94. The standard InChI is InChI=1S/C10H12N4OS/c1-13(4-8-3-12-14(2)5-8)10(15)9-6-16-7-11-9/h3,5-7H,4H2,1-2H3. The molecule has 0 aromatic carbocycles. The molecule has 1 amide bonds. The molecule has 16 heavy (non-hydrogen) atoms. The van der Waals surface area contributed by atoms with E-state index in [0.29, 0.717) is 12.2 Å². The number of carbonyl (C=O) groups excluding carboxylic acids is 1. The Kier molecular flexibility index (Phi) is 3.00. The van der Waals surface area contributed by atoms with Crippen molar-refractivity contribution < 1.29 is 4.79 Å². The number of nitrogens with zero attached hydrogens (tertiary/aromatic N) is 4. The van der Waals surface area contributed by atoms with Crippen molar-refractivity contribution in [2.75, 3.05) is 7.05 Å². The van der Waals surface area contributed by atoms with Gasteiger partial charge in [-0.25, -0.2) is 4.98 Å². The first-order valence-corrected chi connectivity index (χ1v) is 5.72. The van der Waals surface area contributed by atoms with Crippen LogP contribution in [-0.4, -0.2) is 32.6 Å². The van der Waals surface area contributed by atoms with Gasteiger partial charge in [0.2, 0.25) is 0 Å². The zero-order valence-corrected chi connectivity index (χ0v) is 9.94. The van der Waals surface area contributed by atoms with E-state index in [9.17, 15) is 4.79 Å². The van der Waals surface area contributed by atoms with Crippen LogP contribution in [0.4, 0.5) is 0 Å². The molecule has 0 spiro atoms. The fourth-order valence-electron chi connectivity index (χ4n) is 1.41. The smallest absolute Gasteiger partial charge is 0.273 e. The van der Waals surface area contributed by atoms with Crippen LogP contribution in [0.25, 0.3) is 0 Å². The van der Waals surface area contributed by atoms with Crippen molar-refractivity contribution >= 4 is 17.2 Å². The summed E-state index contributed by atoms with van der Waals surface area (Å²) in [6.45, 7) is 0.546. The lowest BCUT2D eigenvalue weighted by Crippen LogP contribution is -2.26. The Morgan fingerprint density at radius 1 is 1.62 bits per heavy atom. The normalized spacial score (nSPS) is 10.4. The largest absolute Gasteiger partial charge is 0.336 e. The summed E-state index contributed by atoms with van der Waals surface area (Å²) >= 11 is 1.42. The van der Waals surface area contributed by atoms with Gasteiger partial charge in [0.1, 0.15) is 5.69 Å². The van der Waals surface area contributed by atoms with Crippen LogP contribution >= 0.6 is 11.3 Å². The second-order valence-corrected chi connectivity index (χ2v) is 4.28. The van der Waals surface area contributed by atoms with Crippen molar-refractivity contribution in [1.29, 1.82) is 0 Å². The van der Waals surface area contributed by atoms with E-state index in [4.69, 9.17) is 0 Å². The van der Waals surface area contributed by atoms with E-state index in [1.807, 2.05) is 13.2 Å². The SMILES string of the molecule is CN(Cc1cnn(C)c1)C(=O)c1cscn1. The third-order valence-electron chi connectivity index (χ3n) is 2.18. The summed E-state index contributed by atoms with van der Waals surface area (Å²) in [4.78, 5) is 17.5. The average molecular weight is 236 g/mol. The number of carbonyl (C=O) groups is 1. The summed E-state index contributed by atoms with van der Waals surface area (Å²) in [5.41, 5.74) is 3.16. The number of hydrogen-bond donors (Lipinski definition) is 0. The average Bonchev–Trinajstić information content (AvgIpc) is 2.88. The molecule has 0 atom stereocenters. The van der Waals surface area contributed by atoms with E-state index in [2.05, 4.69) is 10.1 Å². The first-order valence-electron chi connectivity index (χ1n) is 4.78. The van der Waals surface area contributed by atoms with Gasteiger partial charge < -0.3 is 4.90 Å². The Morgan fingerprint density at radius 2 is 2.44 bits per heavy atom. The Balaban J connectivity index is 2.03. The monoisotopic (exact) mass is 236 g/mol. The van der Waals surface area contributed by atoms with Crippen LogP contribution in [-0.2, 0) is 13.6 Å². The molecule has 0 aliphatic carbocycles. The third-order valence-corrected chi connectivity index (χ3v) is 2.76. The van der Waals surface area contributed by atoms with Crippen LogP contribution in [0.5, 0.6) is 0 Å². The van der Waals surface area contributed by atoms with Crippen LogP contribution in [0.1, 0.15) is 16.1 Å². The number of aromatic nitrogens is 3. The summed E-state index contributed by atoms with van der Waals surface area (Å²) in [6.07, 6.45) is 3.65. The summed E-state index contributed by atoms with van der Waals surface area (Å²) in [5, 5.41) is 5.81. The molecule has 0 saturated carbocycles. The first-order chi connectivity index (χ1) is 7.66. The van der Waals surface area contributed by atoms with E-state index >= 15 is 0 Å². The molecule has 6 heteroatoms. The van der Waals surface area contributed by atoms with Crippen molar-refractivity contribution in [2.24, 2.45) is 7.05 Å². The Bertz CT molecular complexity index is 477. The van der Waals surface area contributed by atoms with E-state index in [0.717, 1.165) is 5.56 Å². The molecule has 2 rings (SSSR count). The lowest BCUT2D eigenvalue weighted by molar-refractivity contribution is 0.0780. The van der Waals surface area contributed by atoms with Gasteiger partial charge in [0.05, 0.1) is 11.7 Å². The highest BCUT2D eigenvalue weighted by molar-refractivity contribution is 7.07. The Morgan fingerprint density at radius 3 is 3.00 bits per heavy atom. The Labute approximate surface area is 97.3 Å². The van der Waals surface area contributed by atoms with Gasteiger partial charge in [-0.15, -0.1) is 11.3 Å². The molecule has 2 aromatic rings. The maximum atomic E-state index is 11.9. The highest BCUT2D eigenvalue weighted by Gasteiger charge is 2.14. The second-order valence-electron chi connectivity index (χ2n) is 3.56. The fraction of sp³-hybridized carbons (Fsp3) is 0.300. The minimum Gasteiger partial charge on any atom is -0.336 e. The van der Waals surface area contributed by atoms with Crippen LogP contribution < -0.4 is 0 Å². The van der Waals surface area contributed by atoms with Crippen LogP contribution in [0.15, 0.2) is 23.3 Å². The number of amides is 1. The maximum Gasteiger partial charge on any atom is 0.273 e. The number of aryl methyl sites for hydroxylation is 1. The van der Waals surface area contributed by atoms with Gasteiger partial charge in [-0.3, -0.25) is 9.48 Å². The molecule has 0 fully saturated rings. The zero-order valence-electron chi connectivity index (χ0n) is 9.12. The van der Waals surface area contributed by atoms with Crippen molar-refractivity contribution in [3.8, 4) is 0 Å². The topological polar surface area (TPSA) is 51.0 Å². The minimum atomic E-state index is -0.0647. The highest BCUT2D eigenvalue weighted by Crippen LogP contribution is 2.07. The van der Waals surface area contributed by atoms with Crippen LogP contribution in [0.2, 0.25) is 0 Å². The van der Waals surface area contributed by atoms with Gasteiger partial charge in [0.25, 0.3) is 5.91 Å². The quantitative estimate of drug-likeness (QED) is 0.803. The summed E-state index contributed by atoms with van der Waals surface area (Å²) in [6, 6.07) is 0. The van der Waals surface area contributed by atoms with Crippen LogP contribution in [0, 0.1) is 0 Å². The molecule has 0 N–H and O–H groups in total. The highest BCUT2D eigenvalue weighted by atomic mass is 32.1. The molecule has 84 valence electrons. The molecule has 2 heterocycles. The second kappa shape index (κ2) is 4.44. The molecule has 5 nitrogen and oxygen atoms in total. The van der Waals surface area contributed by atoms with Gasteiger partial charge >= 0.3 is 0 Å². The predicted molar refractivity (Wildman–Crippen MR) is 61.1 cm³/mol. The lowest BCUT2D eigenvalue weighted by atomic mass is 10.3. The molecule has 0 saturated heterocycles. The maximum absolute atomic E-state index is 11.9. The van der Waals surface area contributed by atoms with Gasteiger partial charge in [0.15, 0.2) is 0 Å². The molecule has 0 radical (unpaired) electrons. The van der Waals surface area contributed by atoms with E-state index in [1.165, 1.54) is 11.3 Å². The summed E-state index contributed by atoms with van der Waals surface area (Å²) in [5.74, 6) is -0.0647. The van der Waals surface area contributed by atoms with Crippen molar-refractivity contribution in [1.82, 2.24) is 19.7 Å². The van der Waals surface area contributed by atoms with Gasteiger partial charge in [-0.05, 0) is 0 Å². The van der Waals surface area contributed by atoms with Crippen LogP contribution in [0.3, 0.4) is 0 Å². The van der Waals surface area contributed by atoms with Crippen molar-refractivity contribution in [3.05, 3.63) is 34.5 Å². The molecular formula is C10H12N4OS. The first kappa shape index (κ1) is 10.8. The van der Waals surface area contributed by atoms with Crippen molar-refractivity contribution in [3.63, 3.8) is 0 Å². The van der Waals surface area contributed by atoms with Gasteiger partial charge in [0, 0.05) is 37.8 Å². The summed E-state index contributed by atoms with van der Waals surface area (Å²) < 4.78 is 1.72. The third kappa shape index (κ3) is 2.27. The van der Waals surface area contributed by atoms with E-state index in [1.54, 1.807) is 33.7 Å². The Hall–Kier alpha value is -1.69. The van der Waals surface area contributed by atoms with Crippen molar-refractivity contribution in [2.45, 2.75) is 6.54 Å². The molecule has 0 aliphatic rings. The van der Waals surface area contributed by atoms with Gasteiger partial charge in [-0.2, -0.15) is 5.10 Å². The van der Waals surface area contributed by atoms with E-state index in [-0.39, 0.29) is 5.91 Å². The predicted octanol–water partition coefficient (Wildman–Crippen LogP) is 1.15. The zero-order chi connectivity index (χ0) is 11.5. The number of thiazole rings is 1. The number of hydrogen-bond acceptors (Lipinski definition) is 4. The summed E-state index contributed by atoms with van der Waals surface area (Å²) in [7, 11) is 3.61. The minimum absolute atomic E-state index is 0.0647.